The van der Waals surface area contributed by atoms with Gasteiger partial charge in [-0.25, -0.2) is 8.42 Å². The van der Waals surface area contributed by atoms with Gasteiger partial charge in [0.2, 0.25) is 10.0 Å². The highest BCUT2D eigenvalue weighted by Gasteiger charge is 2.26. The molecule has 0 aliphatic carbocycles. The Labute approximate surface area is 121 Å². The van der Waals surface area contributed by atoms with Gasteiger partial charge in [0.1, 0.15) is 0 Å². The summed E-state index contributed by atoms with van der Waals surface area (Å²) in [6.45, 7) is 4.99. The van der Waals surface area contributed by atoms with Gasteiger partial charge in [-0.05, 0) is 44.5 Å². The summed E-state index contributed by atoms with van der Waals surface area (Å²) in [5, 5.41) is 0. The highest BCUT2D eigenvalue weighted by atomic mass is 32.2. The van der Waals surface area contributed by atoms with Gasteiger partial charge in [0, 0.05) is 19.7 Å². The highest BCUT2D eigenvalue weighted by molar-refractivity contribution is 7.89. The molecule has 0 bridgehead atoms. The van der Waals surface area contributed by atoms with Gasteiger partial charge in [-0.15, -0.1) is 0 Å². The molecule has 1 aromatic carbocycles. The molecular formula is C14H24N2O3S. The van der Waals surface area contributed by atoms with Crippen molar-refractivity contribution in [2.45, 2.75) is 31.2 Å². The van der Waals surface area contributed by atoms with Crippen LogP contribution in [0.2, 0.25) is 0 Å². The number of hydrogen-bond acceptors (Lipinski definition) is 4. The molecule has 6 heteroatoms. The molecule has 0 aliphatic rings. The Balaban J connectivity index is 3.00. The fourth-order valence-corrected chi connectivity index (χ4v) is 3.59. The maximum Gasteiger partial charge on any atom is 0.243 e. The van der Waals surface area contributed by atoms with E-state index in [9.17, 15) is 8.42 Å². The Kier molecular flexibility index (Phi) is 6.61. The number of ether oxygens (including phenoxy) is 1. The van der Waals surface area contributed by atoms with Crippen molar-refractivity contribution < 1.29 is 13.2 Å². The summed E-state index contributed by atoms with van der Waals surface area (Å²) in [5.74, 6) is 0. The van der Waals surface area contributed by atoms with E-state index in [1.165, 1.54) is 4.31 Å². The van der Waals surface area contributed by atoms with Crippen LogP contribution in [-0.2, 0) is 21.2 Å². The second-order valence-corrected chi connectivity index (χ2v) is 6.78. The molecule has 0 aliphatic heterocycles. The largest absolute Gasteiger partial charge is 0.383 e. The Morgan fingerprint density at radius 2 is 1.85 bits per heavy atom. The lowest BCUT2D eigenvalue weighted by atomic mass is 10.2. The van der Waals surface area contributed by atoms with Crippen LogP contribution in [-0.4, -0.2) is 45.6 Å². The fourth-order valence-electron chi connectivity index (χ4n) is 1.97. The fraction of sp³-hybridized carbons (Fsp3) is 0.571. The van der Waals surface area contributed by atoms with E-state index in [1.54, 1.807) is 19.2 Å². The van der Waals surface area contributed by atoms with Gasteiger partial charge < -0.3 is 10.5 Å². The summed E-state index contributed by atoms with van der Waals surface area (Å²) >= 11 is 0. The third-order valence-corrected chi connectivity index (χ3v) is 5.14. The minimum atomic E-state index is -3.48. The SMILES string of the molecule is COCCN(C(C)C)S(=O)(=O)c1ccc(CCN)cc1. The normalized spacial score (nSPS) is 12.3. The summed E-state index contributed by atoms with van der Waals surface area (Å²) in [5.41, 5.74) is 6.53. The maximum atomic E-state index is 12.6. The van der Waals surface area contributed by atoms with Crippen LogP contribution in [0.5, 0.6) is 0 Å². The highest BCUT2D eigenvalue weighted by Crippen LogP contribution is 2.18. The number of hydrogen-bond donors (Lipinski definition) is 1. The molecule has 0 unspecified atom stereocenters. The first-order valence-corrected chi connectivity index (χ1v) is 8.17. The van der Waals surface area contributed by atoms with E-state index in [0.29, 0.717) is 24.6 Å². The molecule has 0 fully saturated rings. The van der Waals surface area contributed by atoms with E-state index in [4.69, 9.17) is 10.5 Å². The second-order valence-electron chi connectivity index (χ2n) is 4.88. The zero-order valence-electron chi connectivity index (χ0n) is 12.4. The molecule has 0 saturated heterocycles. The van der Waals surface area contributed by atoms with E-state index >= 15 is 0 Å². The Morgan fingerprint density at radius 1 is 1.25 bits per heavy atom. The molecule has 0 saturated carbocycles. The molecule has 0 aromatic heterocycles. The monoisotopic (exact) mass is 300 g/mol. The Bertz CT molecular complexity index is 498. The average molecular weight is 300 g/mol. The predicted molar refractivity (Wildman–Crippen MR) is 80.1 cm³/mol. The molecule has 20 heavy (non-hydrogen) atoms. The average Bonchev–Trinajstić information content (AvgIpc) is 2.39. The maximum absolute atomic E-state index is 12.6. The molecule has 2 N–H and O–H groups in total. The minimum Gasteiger partial charge on any atom is -0.383 e. The van der Waals surface area contributed by atoms with Crippen molar-refractivity contribution in [3.8, 4) is 0 Å². The zero-order valence-corrected chi connectivity index (χ0v) is 13.2. The number of nitrogens with zero attached hydrogens (tertiary/aromatic N) is 1. The first-order valence-electron chi connectivity index (χ1n) is 6.73. The quantitative estimate of drug-likeness (QED) is 0.784. The molecule has 5 nitrogen and oxygen atoms in total. The molecule has 0 spiro atoms. The summed E-state index contributed by atoms with van der Waals surface area (Å²) in [7, 11) is -1.92. The molecule has 0 amide bonds. The molecule has 0 heterocycles. The third kappa shape index (κ3) is 4.28. The second kappa shape index (κ2) is 7.73. The van der Waals surface area contributed by atoms with Crippen LogP contribution in [0.15, 0.2) is 29.2 Å². The van der Waals surface area contributed by atoms with Crippen LogP contribution in [0, 0.1) is 0 Å². The van der Waals surface area contributed by atoms with Crippen molar-refractivity contribution in [2.75, 3.05) is 26.8 Å². The lowest BCUT2D eigenvalue weighted by molar-refractivity contribution is 0.171. The molecule has 114 valence electrons. The van der Waals surface area contributed by atoms with Gasteiger partial charge in [-0.1, -0.05) is 12.1 Å². The van der Waals surface area contributed by atoms with Gasteiger partial charge in [0.05, 0.1) is 11.5 Å². The summed E-state index contributed by atoms with van der Waals surface area (Å²) in [6.07, 6.45) is 0.748. The lowest BCUT2D eigenvalue weighted by Gasteiger charge is -2.25. The van der Waals surface area contributed by atoms with Gasteiger partial charge in [-0.2, -0.15) is 4.31 Å². The smallest absolute Gasteiger partial charge is 0.243 e. The standard InChI is InChI=1S/C14H24N2O3S/c1-12(2)16(10-11-19-3)20(17,18)14-6-4-13(5-7-14)8-9-15/h4-7,12H,8-11,15H2,1-3H3. The van der Waals surface area contributed by atoms with Crippen LogP contribution in [0.3, 0.4) is 0 Å². The molecular weight excluding hydrogens is 276 g/mol. The third-order valence-electron chi connectivity index (χ3n) is 3.05. The number of benzene rings is 1. The van der Waals surface area contributed by atoms with Crippen molar-refractivity contribution in [2.24, 2.45) is 5.73 Å². The van der Waals surface area contributed by atoms with Crippen molar-refractivity contribution in [1.29, 1.82) is 0 Å². The molecule has 1 aromatic rings. The van der Waals surface area contributed by atoms with Gasteiger partial charge in [0.15, 0.2) is 0 Å². The zero-order chi connectivity index (χ0) is 15.2. The molecule has 0 atom stereocenters. The first-order chi connectivity index (χ1) is 9.43. The van der Waals surface area contributed by atoms with E-state index in [0.717, 1.165) is 12.0 Å². The van der Waals surface area contributed by atoms with Crippen molar-refractivity contribution >= 4 is 10.0 Å². The molecule has 1 rings (SSSR count). The van der Waals surface area contributed by atoms with Gasteiger partial charge >= 0.3 is 0 Å². The van der Waals surface area contributed by atoms with Gasteiger partial charge in [-0.3, -0.25) is 0 Å². The Hall–Kier alpha value is -0.950. The minimum absolute atomic E-state index is 0.112. The lowest BCUT2D eigenvalue weighted by Crippen LogP contribution is -2.39. The van der Waals surface area contributed by atoms with Crippen molar-refractivity contribution in [1.82, 2.24) is 4.31 Å². The number of methoxy groups -OCH3 is 1. The van der Waals surface area contributed by atoms with Crippen LogP contribution in [0.1, 0.15) is 19.4 Å². The number of nitrogens with two attached hydrogens (primary N) is 1. The topological polar surface area (TPSA) is 72.6 Å². The van der Waals surface area contributed by atoms with E-state index in [2.05, 4.69) is 0 Å². The van der Waals surface area contributed by atoms with Crippen LogP contribution in [0.25, 0.3) is 0 Å². The molecule has 0 radical (unpaired) electrons. The van der Waals surface area contributed by atoms with E-state index < -0.39 is 10.0 Å². The van der Waals surface area contributed by atoms with Crippen LogP contribution in [0.4, 0.5) is 0 Å². The van der Waals surface area contributed by atoms with Crippen molar-refractivity contribution in [3.05, 3.63) is 29.8 Å². The van der Waals surface area contributed by atoms with Crippen LogP contribution >= 0.6 is 0 Å². The predicted octanol–water partition coefficient (Wildman–Crippen LogP) is 1.23. The number of rotatable bonds is 8. The van der Waals surface area contributed by atoms with E-state index in [-0.39, 0.29) is 6.04 Å². The number of sulfonamides is 1. The summed E-state index contributed by atoms with van der Waals surface area (Å²) in [6, 6.07) is 6.80. The summed E-state index contributed by atoms with van der Waals surface area (Å²) in [4.78, 5) is 0.308. The first kappa shape index (κ1) is 17.1. The Morgan fingerprint density at radius 3 is 2.30 bits per heavy atom. The van der Waals surface area contributed by atoms with Crippen LogP contribution < -0.4 is 5.73 Å². The summed E-state index contributed by atoms with van der Waals surface area (Å²) < 4.78 is 31.6. The van der Waals surface area contributed by atoms with Crippen molar-refractivity contribution in [3.63, 3.8) is 0 Å². The van der Waals surface area contributed by atoms with Gasteiger partial charge in [0.25, 0.3) is 0 Å². The van der Waals surface area contributed by atoms with E-state index in [1.807, 2.05) is 26.0 Å².